The minimum Gasteiger partial charge on any atom is -0.364 e. The number of carbonyl (C=O) groups is 1. The highest BCUT2D eigenvalue weighted by atomic mass is 32.2. The summed E-state index contributed by atoms with van der Waals surface area (Å²) in [5, 5.41) is 6.43. The second-order valence-electron chi connectivity index (χ2n) is 4.73. The van der Waals surface area contributed by atoms with E-state index in [2.05, 4.69) is 5.32 Å². The van der Waals surface area contributed by atoms with E-state index in [4.69, 9.17) is 12.2 Å². The highest BCUT2D eigenvalue weighted by Crippen LogP contribution is 2.21. The maximum absolute atomic E-state index is 12.7. The van der Waals surface area contributed by atoms with Crippen molar-refractivity contribution in [3.63, 3.8) is 0 Å². The molecule has 1 heterocycles. The van der Waals surface area contributed by atoms with Gasteiger partial charge < -0.3 is 5.32 Å². The van der Waals surface area contributed by atoms with E-state index >= 15 is 0 Å². The number of rotatable bonds is 2. The Hall–Kier alpha value is -1.67. The number of benzene rings is 1. The van der Waals surface area contributed by atoms with Crippen LogP contribution in [0.15, 0.2) is 29.2 Å². The molecule has 0 aromatic heterocycles. The summed E-state index contributed by atoms with van der Waals surface area (Å²) in [4.78, 5) is 12.7. The molecular formula is C13H17N3O3S2. The molecule has 1 N–H and O–H groups in total. The van der Waals surface area contributed by atoms with Gasteiger partial charge in [0.05, 0.1) is 10.5 Å². The van der Waals surface area contributed by atoms with Gasteiger partial charge in [0.25, 0.3) is 5.91 Å². The Labute approximate surface area is 129 Å². The van der Waals surface area contributed by atoms with E-state index in [1.807, 2.05) is 0 Å². The second kappa shape index (κ2) is 5.98. The number of nitrogens with zero attached hydrogens (tertiary/aromatic N) is 2. The van der Waals surface area contributed by atoms with Crippen LogP contribution in [0.2, 0.25) is 0 Å². The minimum atomic E-state index is -3.47. The lowest BCUT2D eigenvalue weighted by atomic mass is 10.2. The van der Waals surface area contributed by atoms with Gasteiger partial charge in [0.1, 0.15) is 0 Å². The van der Waals surface area contributed by atoms with Gasteiger partial charge in [0.2, 0.25) is 0 Å². The van der Waals surface area contributed by atoms with Gasteiger partial charge >= 0.3 is 0 Å². The van der Waals surface area contributed by atoms with Gasteiger partial charge in [-0.3, -0.25) is 9.80 Å². The van der Waals surface area contributed by atoms with E-state index < -0.39 is 9.84 Å². The summed E-state index contributed by atoms with van der Waals surface area (Å²) in [6.07, 6.45) is 1.88. The molecule has 1 aromatic carbocycles. The van der Waals surface area contributed by atoms with Crippen molar-refractivity contribution in [2.24, 2.45) is 0 Å². The van der Waals surface area contributed by atoms with Gasteiger partial charge in [-0.05, 0) is 30.8 Å². The fourth-order valence-corrected chi connectivity index (χ4v) is 3.34. The summed E-state index contributed by atoms with van der Waals surface area (Å²) < 4.78 is 23.6. The van der Waals surface area contributed by atoms with Gasteiger partial charge in [-0.25, -0.2) is 13.4 Å². The molecule has 0 atom stereocenters. The van der Waals surface area contributed by atoms with E-state index in [-0.39, 0.29) is 16.4 Å². The quantitative estimate of drug-likeness (QED) is 0.805. The Kier molecular flexibility index (Phi) is 4.48. The number of nitrogens with one attached hydrogen (secondary N) is 1. The van der Waals surface area contributed by atoms with Crippen molar-refractivity contribution >= 4 is 33.1 Å². The molecule has 1 aliphatic heterocycles. The van der Waals surface area contributed by atoms with Crippen molar-refractivity contribution in [1.29, 1.82) is 0 Å². The molecule has 21 heavy (non-hydrogen) atoms. The van der Waals surface area contributed by atoms with Crippen LogP contribution in [0.1, 0.15) is 16.8 Å². The second-order valence-corrected chi connectivity index (χ2v) is 7.10. The first-order chi connectivity index (χ1) is 9.86. The summed E-state index contributed by atoms with van der Waals surface area (Å²) in [5.41, 5.74) is 0.172. The average molecular weight is 327 g/mol. The molecule has 0 radical (unpaired) electrons. The number of hydrogen-bond donors (Lipinski definition) is 1. The predicted octanol–water partition coefficient (Wildman–Crippen LogP) is 0.657. The van der Waals surface area contributed by atoms with Crippen LogP contribution < -0.4 is 5.32 Å². The molecule has 8 heteroatoms. The highest BCUT2D eigenvalue weighted by Gasteiger charge is 2.31. The molecule has 0 spiro atoms. The van der Waals surface area contributed by atoms with Gasteiger partial charge in [-0.2, -0.15) is 0 Å². The van der Waals surface area contributed by atoms with Crippen LogP contribution in [-0.2, 0) is 9.84 Å². The fourth-order valence-electron chi connectivity index (χ4n) is 2.27. The van der Waals surface area contributed by atoms with Crippen LogP contribution in [-0.4, -0.2) is 55.8 Å². The van der Waals surface area contributed by atoms with Crippen LogP contribution in [0, 0.1) is 0 Å². The summed E-state index contributed by atoms with van der Waals surface area (Å²) in [6, 6.07) is 6.23. The summed E-state index contributed by atoms with van der Waals surface area (Å²) >= 11 is 5.17. The molecule has 1 aromatic rings. The molecule has 1 saturated heterocycles. The fraction of sp³-hybridized carbons (Fsp3) is 0.385. The lowest BCUT2D eigenvalue weighted by Gasteiger charge is -2.29. The molecule has 0 bridgehead atoms. The van der Waals surface area contributed by atoms with Crippen molar-refractivity contribution in [2.75, 3.05) is 26.4 Å². The number of sulfone groups is 1. The summed E-state index contributed by atoms with van der Waals surface area (Å²) in [5.74, 6) is -0.355. The standard InChI is InChI=1S/C13H17N3O3S2/c1-14-13(20)16-9-5-8-15(16)12(17)10-6-3-4-7-11(10)21(2,18)19/h3-4,6-7H,5,8-9H2,1-2H3,(H,14,20). The van der Waals surface area contributed by atoms with Crippen molar-refractivity contribution in [3.05, 3.63) is 29.8 Å². The third-order valence-electron chi connectivity index (χ3n) is 3.23. The van der Waals surface area contributed by atoms with Crippen molar-refractivity contribution in [2.45, 2.75) is 11.3 Å². The monoisotopic (exact) mass is 327 g/mol. The molecule has 114 valence electrons. The van der Waals surface area contributed by atoms with Crippen LogP contribution in [0.5, 0.6) is 0 Å². The number of hydrogen-bond acceptors (Lipinski definition) is 4. The zero-order chi connectivity index (χ0) is 15.6. The number of hydrazine groups is 1. The molecule has 1 fully saturated rings. The molecule has 0 unspecified atom stereocenters. The SMILES string of the molecule is CNC(=S)N1CCCN1C(=O)c1ccccc1S(C)(=O)=O. The molecule has 2 rings (SSSR count). The van der Waals surface area contributed by atoms with Crippen LogP contribution >= 0.6 is 12.2 Å². The number of carbonyl (C=O) groups excluding carboxylic acids is 1. The van der Waals surface area contributed by atoms with Gasteiger partial charge in [0.15, 0.2) is 14.9 Å². The third-order valence-corrected chi connectivity index (χ3v) is 4.80. The van der Waals surface area contributed by atoms with E-state index in [1.54, 1.807) is 24.2 Å². The first-order valence-corrected chi connectivity index (χ1v) is 8.76. The van der Waals surface area contributed by atoms with Gasteiger partial charge in [-0.15, -0.1) is 0 Å². The maximum Gasteiger partial charge on any atom is 0.273 e. The normalized spacial score (nSPS) is 15.1. The van der Waals surface area contributed by atoms with Crippen molar-refractivity contribution in [3.8, 4) is 0 Å². The average Bonchev–Trinajstić information content (AvgIpc) is 2.94. The molecule has 1 aliphatic rings. The topological polar surface area (TPSA) is 69.7 Å². The third kappa shape index (κ3) is 3.16. The first kappa shape index (κ1) is 15.7. The largest absolute Gasteiger partial charge is 0.364 e. The lowest BCUT2D eigenvalue weighted by molar-refractivity contribution is 0.0489. The Balaban J connectivity index is 2.39. The number of thiocarbonyl (C=S) groups is 1. The smallest absolute Gasteiger partial charge is 0.273 e. The first-order valence-electron chi connectivity index (χ1n) is 6.46. The van der Waals surface area contributed by atoms with Crippen LogP contribution in [0.3, 0.4) is 0 Å². The van der Waals surface area contributed by atoms with E-state index in [9.17, 15) is 13.2 Å². The summed E-state index contributed by atoms with van der Waals surface area (Å²) in [6.45, 7) is 1.14. The lowest BCUT2D eigenvalue weighted by Crippen LogP contribution is -2.48. The van der Waals surface area contributed by atoms with E-state index in [1.165, 1.54) is 17.1 Å². The zero-order valence-electron chi connectivity index (χ0n) is 11.9. The van der Waals surface area contributed by atoms with Gasteiger partial charge in [0, 0.05) is 26.4 Å². The van der Waals surface area contributed by atoms with E-state index in [0.29, 0.717) is 18.2 Å². The van der Waals surface area contributed by atoms with Crippen molar-refractivity contribution < 1.29 is 13.2 Å². The van der Waals surface area contributed by atoms with Crippen molar-refractivity contribution in [1.82, 2.24) is 15.3 Å². The predicted molar refractivity (Wildman–Crippen MR) is 83.6 cm³/mol. The molecular weight excluding hydrogens is 310 g/mol. The molecule has 6 nitrogen and oxygen atoms in total. The molecule has 0 aliphatic carbocycles. The van der Waals surface area contributed by atoms with Crippen LogP contribution in [0.25, 0.3) is 0 Å². The van der Waals surface area contributed by atoms with Crippen LogP contribution in [0.4, 0.5) is 0 Å². The molecule has 1 amide bonds. The zero-order valence-corrected chi connectivity index (χ0v) is 13.5. The van der Waals surface area contributed by atoms with E-state index in [0.717, 1.165) is 12.7 Å². The Morgan fingerprint density at radius 3 is 2.48 bits per heavy atom. The minimum absolute atomic E-state index is 0.0391. The Bertz CT molecular complexity index is 673. The maximum atomic E-state index is 12.7. The Morgan fingerprint density at radius 1 is 1.24 bits per heavy atom. The number of amides is 1. The Morgan fingerprint density at radius 2 is 1.86 bits per heavy atom. The highest BCUT2D eigenvalue weighted by molar-refractivity contribution is 7.90. The summed E-state index contributed by atoms with van der Waals surface area (Å²) in [7, 11) is -1.78. The molecule has 0 saturated carbocycles. The van der Waals surface area contributed by atoms with Gasteiger partial charge in [-0.1, -0.05) is 12.1 Å².